The molecule has 2 atom stereocenters. The summed E-state index contributed by atoms with van der Waals surface area (Å²) < 4.78 is 0. The summed E-state index contributed by atoms with van der Waals surface area (Å²) in [7, 11) is 0. The van der Waals surface area contributed by atoms with Crippen molar-refractivity contribution in [1.29, 1.82) is 0 Å². The van der Waals surface area contributed by atoms with E-state index in [4.69, 9.17) is 10.2 Å². The number of aliphatic carboxylic acids is 2. The fraction of sp³-hybridized carbons (Fsp3) is 0.667. The van der Waals surface area contributed by atoms with Gasteiger partial charge in [0.2, 0.25) is 11.8 Å². The van der Waals surface area contributed by atoms with Crippen molar-refractivity contribution in [3.05, 3.63) is 0 Å². The number of amides is 2. The highest BCUT2D eigenvalue weighted by atomic mass is 16.4. The van der Waals surface area contributed by atoms with Crippen LogP contribution in [0.25, 0.3) is 0 Å². The van der Waals surface area contributed by atoms with Crippen molar-refractivity contribution in [2.75, 3.05) is 0 Å². The fourth-order valence-electron chi connectivity index (χ4n) is 1.79. The molecule has 0 bridgehead atoms. The number of ketones is 1. The normalized spacial score (nSPS) is 13.0. The molecule has 24 heavy (non-hydrogen) atoms. The Morgan fingerprint density at radius 1 is 0.792 bits per heavy atom. The van der Waals surface area contributed by atoms with Crippen LogP contribution in [0.4, 0.5) is 0 Å². The van der Waals surface area contributed by atoms with Crippen LogP contribution in [-0.2, 0) is 24.0 Å². The van der Waals surface area contributed by atoms with Crippen molar-refractivity contribution in [1.82, 2.24) is 10.6 Å². The predicted molar refractivity (Wildman–Crippen MR) is 83.1 cm³/mol. The van der Waals surface area contributed by atoms with Crippen LogP contribution in [0.3, 0.4) is 0 Å². The van der Waals surface area contributed by atoms with Gasteiger partial charge >= 0.3 is 11.9 Å². The van der Waals surface area contributed by atoms with E-state index in [1.54, 1.807) is 13.8 Å². The SMILES string of the molecule is CC(=O)[C@H](CCC(=O)O)NC(=O)[C@H](CCC(=O)O)NC(=O)C(C)C. The maximum absolute atomic E-state index is 12.3. The molecule has 2 amide bonds. The van der Waals surface area contributed by atoms with Crippen LogP contribution in [0.1, 0.15) is 46.5 Å². The predicted octanol–water partition coefficient (Wildman–Crippen LogP) is -0.0694. The highest BCUT2D eigenvalue weighted by Crippen LogP contribution is 2.05. The second-order valence-corrected chi connectivity index (χ2v) is 5.75. The van der Waals surface area contributed by atoms with Gasteiger partial charge in [-0.1, -0.05) is 13.8 Å². The number of hydrogen-bond acceptors (Lipinski definition) is 5. The molecule has 4 N–H and O–H groups in total. The molecule has 0 spiro atoms. The quantitative estimate of drug-likeness (QED) is 0.410. The van der Waals surface area contributed by atoms with Gasteiger partial charge in [0.05, 0.1) is 6.04 Å². The van der Waals surface area contributed by atoms with Crippen LogP contribution in [0, 0.1) is 5.92 Å². The zero-order valence-corrected chi connectivity index (χ0v) is 14.0. The second-order valence-electron chi connectivity index (χ2n) is 5.75. The van der Waals surface area contributed by atoms with E-state index in [9.17, 15) is 24.0 Å². The van der Waals surface area contributed by atoms with Gasteiger partial charge in [0.25, 0.3) is 0 Å². The molecule has 136 valence electrons. The molecular weight excluding hydrogens is 320 g/mol. The minimum absolute atomic E-state index is 0.0832. The van der Waals surface area contributed by atoms with E-state index in [2.05, 4.69) is 10.6 Å². The molecule has 0 aromatic heterocycles. The van der Waals surface area contributed by atoms with Gasteiger partial charge in [-0.05, 0) is 19.8 Å². The van der Waals surface area contributed by atoms with E-state index in [0.29, 0.717) is 0 Å². The van der Waals surface area contributed by atoms with Crippen LogP contribution in [0.5, 0.6) is 0 Å². The highest BCUT2D eigenvalue weighted by Gasteiger charge is 2.26. The third kappa shape index (κ3) is 8.86. The van der Waals surface area contributed by atoms with Crippen LogP contribution in [0.15, 0.2) is 0 Å². The summed E-state index contributed by atoms with van der Waals surface area (Å²) in [5, 5.41) is 22.2. The molecule has 0 heterocycles. The van der Waals surface area contributed by atoms with Crippen LogP contribution < -0.4 is 10.6 Å². The Hall–Kier alpha value is -2.45. The minimum Gasteiger partial charge on any atom is -0.481 e. The lowest BCUT2D eigenvalue weighted by Crippen LogP contribution is -2.52. The van der Waals surface area contributed by atoms with Crippen molar-refractivity contribution >= 4 is 29.5 Å². The lowest BCUT2D eigenvalue weighted by atomic mass is 10.0. The van der Waals surface area contributed by atoms with E-state index < -0.39 is 47.5 Å². The standard InChI is InChI=1S/C15H24N2O7/c1-8(2)14(23)17-11(5-7-13(21)22)15(24)16-10(9(3)18)4-6-12(19)20/h8,10-11H,4-7H2,1-3H3,(H,16,24)(H,17,23)(H,19,20)(H,21,22)/t10-,11-/m0/s1. The minimum atomic E-state index is -1.12. The lowest BCUT2D eigenvalue weighted by molar-refractivity contribution is -0.139. The summed E-state index contributed by atoms with van der Waals surface area (Å²) in [6.45, 7) is 4.45. The van der Waals surface area contributed by atoms with Gasteiger partial charge in [-0.2, -0.15) is 0 Å². The number of Topliss-reactive ketones (excluding diaryl/α,β-unsaturated/α-hetero) is 1. The Kier molecular flexibility index (Phi) is 9.29. The molecule has 0 aliphatic rings. The topological polar surface area (TPSA) is 150 Å². The van der Waals surface area contributed by atoms with E-state index >= 15 is 0 Å². The molecule has 0 unspecified atom stereocenters. The number of carbonyl (C=O) groups is 5. The first-order valence-corrected chi connectivity index (χ1v) is 7.59. The Labute approximate surface area is 139 Å². The Morgan fingerprint density at radius 2 is 1.21 bits per heavy atom. The number of carboxylic acids is 2. The first-order valence-electron chi connectivity index (χ1n) is 7.59. The zero-order valence-electron chi connectivity index (χ0n) is 14.0. The number of carbonyl (C=O) groups excluding carboxylic acids is 3. The van der Waals surface area contributed by atoms with E-state index in [1.807, 2.05) is 0 Å². The van der Waals surface area contributed by atoms with E-state index in [1.165, 1.54) is 6.92 Å². The molecule has 9 heteroatoms. The number of carboxylic acid groups (broad SMARTS) is 2. The van der Waals surface area contributed by atoms with Gasteiger partial charge in [0, 0.05) is 18.8 Å². The zero-order chi connectivity index (χ0) is 18.9. The van der Waals surface area contributed by atoms with Gasteiger partial charge in [-0.15, -0.1) is 0 Å². The smallest absolute Gasteiger partial charge is 0.303 e. The molecule has 0 rings (SSSR count). The van der Waals surface area contributed by atoms with Crippen LogP contribution in [0.2, 0.25) is 0 Å². The Bertz CT molecular complexity index is 502. The summed E-state index contributed by atoms with van der Waals surface area (Å²) in [4.78, 5) is 56.8. The van der Waals surface area contributed by atoms with Crippen molar-refractivity contribution in [2.24, 2.45) is 5.92 Å². The summed E-state index contributed by atoms with van der Waals surface area (Å²) in [5.74, 6) is -4.19. The summed E-state index contributed by atoms with van der Waals surface area (Å²) in [6, 6.07) is -2.11. The molecular formula is C15H24N2O7. The number of hydrogen-bond donors (Lipinski definition) is 4. The molecule has 0 aliphatic heterocycles. The third-order valence-electron chi connectivity index (χ3n) is 3.26. The van der Waals surface area contributed by atoms with Gasteiger partial charge in [-0.3, -0.25) is 24.0 Å². The fourth-order valence-corrected chi connectivity index (χ4v) is 1.79. The third-order valence-corrected chi connectivity index (χ3v) is 3.26. The molecule has 0 fully saturated rings. The highest BCUT2D eigenvalue weighted by molar-refractivity contribution is 5.92. The molecule has 9 nitrogen and oxygen atoms in total. The monoisotopic (exact) mass is 344 g/mol. The van der Waals surface area contributed by atoms with E-state index in [0.717, 1.165) is 0 Å². The largest absolute Gasteiger partial charge is 0.481 e. The van der Waals surface area contributed by atoms with Gasteiger partial charge in [0.15, 0.2) is 5.78 Å². The molecule has 0 saturated carbocycles. The first-order chi connectivity index (χ1) is 11.0. The van der Waals surface area contributed by atoms with Crippen LogP contribution in [-0.4, -0.2) is 51.8 Å². The van der Waals surface area contributed by atoms with E-state index in [-0.39, 0.29) is 25.7 Å². The Morgan fingerprint density at radius 3 is 1.58 bits per heavy atom. The molecule has 0 saturated heterocycles. The Balaban J connectivity index is 4.97. The summed E-state index contributed by atoms with van der Waals surface area (Å²) >= 11 is 0. The van der Waals surface area contributed by atoms with Gasteiger partial charge < -0.3 is 20.8 Å². The first kappa shape index (κ1) is 21.6. The molecule has 0 aromatic rings. The van der Waals surface area contributed by atoms with Gasteiger partial charge in [0.1, 0.15) is 6.04 Å². The number of nitrogens with one attached hydrogen (secondary N) is 2. The summed E-state index contributed by atoms with van der Waals surface area (Å²) in [6.07, 6.45) is -0.859. The van der Waals surface area contributed by atoms with Gasteiger partial charge in [-0.25, -0.2) is 0 Å². The molecule has 0 aromatic carbocycles. The maximum Gasteiger partial charge on any atom is 0.303 e. The maximum atomic E-state index is 12.3. The van der Waals surface area contributed by atoms with Crippen LogP contribution >= 0.6 is 0 Å². The number of rotatable bonds is 11. The molecule has 0 aliphatic carbocycles. The second kappa shape index (κ2) is 10.3. The van der Waals surface area contributed by atoms with Crippen molar-refractivity contribution in [3.63, 3.8) is 0 Å². The lowest BCUT2D eigenvalue weighted by Gasteiger charge is -2.22. The summed E-state index contributed by atoms with van der Waals surface area (Å²) in [5.41, 5.74) is 0. The van der Waals surface area contributed by atoms with Crippen molar-refractivity contribution in [2.45, 2.75) is 58.5 Å². The average molecular weight is 344 g/mol. The van der Waals surface area contributed by atoms with Crippen molar-refractivity contribution in [3.8, 4) is 0 Å². The van der Waals surface area contributed by atoms with Crippen molar-refractivity contribution < 1.29 is 34.2 Å². The molecule has 0 radical (unpaired) electrons. The average Bonchev–Trinajstić information content (AvgIpc) is 2.46.